The zero-order valence-electron chi connectivity index (χ0n) is 26.1. The van der Waals surface area contributed by atoms with Crippen LogP contribution in [-0.4, -0.2) is 73.1 Å². The summed E-state index contributed by atoms with van der Waals surface area (Å²) in [5, 5.41) is 13.4. The number of benzene rings is 2. The van der Waals surface area contributed by atoms with E-state index in [1.54, 1.807) is 18.3 Å². The van der Waals surface area contributed by atoms with Crippen LogP contribution in [-0.2, 0) is 11.2 Å². The Morgan fingerprint density at radius 3 is 2.54 bits per heavy atom. The first-order chi connectivity index (χ1) is 23.3. The summed E-state index contributed by atoms with van der Waals surface area (Å²) in [7, 11) is 3.93. The van der Waals surface area contributed by atoms with Crippen LogP contribution in [0.1, 0.15) is 5.56 Å². The molecule has 0 bridgehead atoms. The van der Waals surface area contributed by atoms with Gasteiger partial charge in [-0.25, -0.2) is 13.8 Å². The van der Waals surface area contributed by atoms with E-state index in [4.69, 9.17) is 4.98 Å². The summed E-state index contributed by atoms with van der Waals surface area (Å²) in [6.07, 6.45) is 6.25. The third-order valence-corrected chi connectivity index (χ3v) is 7.73. The fourth-order valence-corrected chi connectivity index (χ4v) is 5.48. The van der Waals surface area contributed by atoms with Gasteiger partial charge in [-0.05, 0) is 50.0 Å². The molecule has 5 heterocycles. The van der Waals surface area contributed by atoms with Gasteiger partial charge >= 0.3 is 0 Å². The first-order valence-corrected chi connectivity index (χ1v) is 15.2. The van der Waals surface area contributed by atoms with Crippen LogP contribution in [0.5, 0.6) is 0 Å². The number of pyridine rings is 3. The zero-order valence-corrected chi connectivity index (χ0v) is 26.1. The molecule has 0 aliphatic carbocycles. The summed E-state index contributed by atoms with van der Waals surface area (Å²) >= 11 is 0. The highest BCUT2D eigenvalue weighted by Gasteiger charge is 2.22. The normalized spacial score (nSPS) is 11.4. The highest BCUT2D eigenvalue weighted by atomic mass is 19.1. The van der Waals surface area contributed by atoms with Crippen molar-refractivity contribution in [2.45, 2.75) is 6.42 Å². The summed E-state index contributed by atoms with van der Waals surface area (Å²) in [5.74, 6) is -0.982. The third-order valence-electron chi connectivity index (χ3n) is 7.73. The first-order valence-electron chi connectivity index (χ1n) is 15.2. The molecule has 0 radical (unpaired) electrons. The number of carbonyl (C=O) groups is 1. The van der Waals surface area contributed by atoms with E-state index in [9.17, 15) is 9.18 Å². The van der Waals surface area contributed by atoms with Gasteiger partial charge in [-0.15, -0.1) is 0 Å². The smallest absolute Gasteiger partial charge is 0.228 e. The van der Waals surface area contributed by atoms with Crippen LogP contribution in [0, 0.1) is 11.6 Å². The Morgan fingerprint density at radius 2 is 1.71 bits per heavy atom. The number of hydrogen-bond acceptors (Lipinski definition) is 8. The molecule has 0 unspecified atom stereocenters. The van der Waals surface area contributed by atoms with E-state index in [2.05, 4.69) is 40.8 Å². The van der Waals surface area contributed by atoms with E-state index in [-0.39, 0.29) is 29.1 Å². The van der Waals surface area contributed by atoms with Crippen LogP contribution >= 0.6 is 0 Å². The maximum Gasteiger partial charge on any atom is 0.228 e. The van der Waals surface area contributed by atoms with Gasteiger partial charge in [-0.1, -0.05) is 30.3 Å². The molecule has 7 rings (SSSR count). The van der Waals surface area contributed by atoms with Gasteiger partial charge in [-0.2, -0.15) is 5.10 Å². The number of anilines is 2. The van der Waals surface area contributed by atoms with Crippen LogP contribution in [0.2, 0.25) is 0 Å². The Labute approximate surface area is 273 Å². The van der Waals surface area contributed by atoms with Gasteiger partial charge in [0, 0.05) is 42.3 Å². The van der Waals surface area contributed by atoms with E-state index in [0.717, 1.165) is 12.1 Å². The molecule has 0 fully saturated rings. The molecule has 2 aromatic carbocycles. The van der Waals surface area contributed by atoms with Crippen molar-refractivity contribution in [3.63, 3.8) is 0 Å². The van der Waals surface area contributed by atoms with Crippen LogP contribution in [0.3, 0.4) is 0 Å². The van der Waals surface area contributed by atoms with Gasteiger partial charge in [0.2, 0.25) is 5.91 Å². The molecule has 0 saturated heterocycles. The number of hydrogen-bond donors (Lipinski definition) is 4. The molecule has 13 heteroatoms. The standard InChI is InChI=1S/C35H30F2N10O/c1-47(2)11-10-39-24-14-21(13-23(36)16-24)32-33-26(8-9-40-32)43-35(44-33)34-29-27(45-46-34)19-41-31(30(29)37)22-15-25(18-38-17-22)42-28(48)12-20-6-4-3-5-7-20/h3-9,13-19,39H,10-12H2,1-2H3,(H,42,48)(H,43,44)(H,45,46). The minimum absolute atomic E-state index is 0.0318. The summed E-state index contributed by atoms with van der Waals surface area (Å²) in [5.41, 5.74) is 5.00. The number of fused-ring (bicyclic) bond motifs is 2. The van der Waals surface area contributed by atoms with Crippen LogP contribution < -0.4 is 10.6 Å². The molecular weight excluding hydrogens is 614 g/mol. The topological polar surface area (TPSA) is 140 Å². The number of nitrogens with one attached hydrogen (secondary N) is 4. The largest absolute Gasteiger partial charge is 0.384 e. The molecule has 5 aromatic heterocycles. The average Bonchev–Trinajstić information content (AvgIpc) is 3.70. The quantitative estimate of drug-likeness (QED) is 0.141. The first kappa shape index (κ1) is 30.6. The number of amides is 1. The van der Waals surface area contributed by atoms with Gasteiger partial charge in [0.25, 0.3) is 0 Å². The summed E-state index contributed by atoms with van der Waals surface area (Å²) in [4.78, 5) is 35.7. The second-order valence-corrected chi connectivity index (χ2v) is 11.6. The minimum atomic E-state index is -0.636. The minimum Gasteiger partial charge on any atom is -0.384 e. The number of H-pyrrole nitrogens is 2. The highest BCUT2D eigenvalue weighted by Crippen LogP contribution is 2.35. The molecule has 0 spiro atoms. The molecule has 0 aliphatic rings. The SMILES string of the molecule is CN(C)CCNc1cc(F)cc(-c2nccc3[nH]c(-c4n[nH]c5cnc(-c6cncc(NC(=O)Cc7ccccc7)c6)c(F)c45)nc23)c1. The second-order valence-electron chi connectivity index (χ2n) is 11.6. The molecule has 48 heavy (non-hydrogen) atoms. The fraction of sp³-hybridized carbons (Fsp3) is 0.143. The van der Waals surface area contributed by atoms with Gasteiger partial charge in [0.15, 0.2) is 11.6 Å². The monoisotopic (exact) mass is 644 g/mol. The Kier molecular flexibility index (Phi) is 8.26. The van der Waals surface area contributed by atoms with Crippen molar-refractivity contribution in [3.05, 3.63) is 103 Å². The van der Waals surface area contributed by atoms with E-state index < -0.39 is 11.6 Å². The van der Waals surface area contributed by atoms with Crippen LogP contribution in [0.25, 0.3) is 56.0 Å². The Bertz CT molecular complexity index is 2270. The van der Waals surface area contributed by atoms with E-state index in [1.807, 2.05) is 55.4 Å². The van der Waals surface area contributed by atoms with Gasteiger partial charge in [0.1, 0.15) is 22.7 Å². The van der Waals surface area contributed by atoms with Gasteiger partial charge in [0.05, 0.1) is 46.6 Å². The van der Waals surface area contributed by atoms with Crippen molar-refractivity contribution in [3.8, 4) is 34.0 Å². The van der Waals surface area contributed by atoms with Gasteiger partial charge in [-0.3, -0.25) is 24.8 Å². The Hall–Kier alpha value is -6.08. The number of aromatic nitrogens is 7. The van der Waals surface area contributed by atoms with Crippen molar-refractivity contribution >= 4 is 39.2 Å². The molecule has 7 aromatic rings. The number of aromatic amines is 2. The lowest BCUT2D eigenvalue weighted by atomic mass is 10.1. The Morgan fingerprint density at radius 1 is 0.875 bits per heavy atom. The van der Waals surface area contributed by atoms with Crippen LogP contribution in [0.15, 0.2) is 85.5 Å². The molecular formula is C35H30F2N10O. The number of carbonyl (C=O) groups excluding carboxylic acids is 1. The molecule has 11 nitrogen and oxygen atoms in total. The van der Waals surface area contributed by atoms with Crippen molar-refractivity contribution in [1.29, 1.82) is 0 Å². The van der Waals surface area contributed by atoms with Gasteiger partial charge < -0.3 is 20.5 Å². The lowest BCUT2D eigenvalue weighted by Gasteiger charge is -2.12. The zero-order chi connectivity index (χ0) is 33.2. The summed E-state index contributed by atoms with van der Waals surface area (Å²) in [6, 6.07) is 17.4. The fourth-order valence-electron chi connectivity index (χ4n) is 5.48. The van der Waals surface area contributed by atoms with Crippen molar-refractivity contribution in [2.24, 2.45) is 0 Å². The lowest BCUT2D eigenvalue weighted by Crippen LogP contribution is -2.20. The van der Waals surface area contributed by atoms with E-state index in [0.29, 0.717) is 57.1 Å². The molecule has 1 amide bonds. The molecule has 0 saturated carbocycles. The highest BCUT2D eigenvalue weighted by molar-refractivity contribution is 5.98. The predicted octanol–water partition coefficient (Wildman–Crippen LogP) is 6.06. The van der Waals surface area contributed by atoms with Crippen molar-refractivity contribution < 1.29 is 13.6 Å². The number of imidazole rings is 1. The average molecular weight is 645 g/mol. The van der Waals surface area contributed by atoms with E-state index >= 15 is 4.39 Å². The molecule has 0 aliphatic heterocycles. The lowest BCUT2D eigenvalue weighted by molar-refractivity contribution is -0.115. The molecule has 4 N–H and O–H groups in total. The summed E-state index contributed by atoms with van der Waals surface area (Å²) in [6.45, 7) is 1.42. The maximum absolute atomic E-state index is 16.3. The van der Waals surface area contributed by atoms with Crippen molar-refractivity contribution in [2.75, 3.05) is 37.8 Å². The van der Waals surface area contributed by atoms with Crippen molar-refractivity contribution in [1.82, 2.24) is 40.0 Å². The van der Waals surface area contributed by atoms with E-state index in [1.165, 1.54) is 30.7 Å². The number of likely N-dealkylation sites (N-methyl/N-ethyl adjacent to an activating group) is 1. The molecule has 0 atom stereocenters. The molecule has 240 valence electrons. The Balaban J connectivity index is 1.21. The number of halogens is 2. The summed E-state index contributed by atoms with van der Waals surface area (Å²) < 4.78 is 31.0. The van der Waals surface area contributed by atoms with Crippen LogP contribution in [0.4, 0.5) is 20.2 Å². The maximum atomic E-state index is 16.3. The number of nitrogens with zero attached hydrogens (tertiary/aromatic N) is 6. The third kappa shape index (κ3) is 6.31. The predicted molar refractivity (Wildman–Crippen MR) is 181 cm³/mol. The number of rotatable bonds is 10. The second kappa shape index (κ2) is 13.0.